The number of carboxylic acids is 1. The molecule has 1 aliphatic rings. The van der Waals surface area contributed by atoms with E-state index in [1.807, 2.05) is 0 Å². The van der Waals surface area contributed by atoms with Crippen molar-refractivity contribution in [2.75, 3.05) is 13.1 Å². The van der Waals surface area contributed by atoms with E-state index in [9.17, 15) is 13.2 Å². The molecule has 0 saturated carbocycles. The standard InChI is InChI=1S/C11H16N2O4S2/c1-7-6-9(18-10(7)11(14)15)19(16,17)13-4-2-8(12)3-5-13/h6,8H,2-5,12H2,1H3,(H,14,15). The van der Waals surface area contributed by atoms with E-state index in [0.717, 1.165) is 11.3 Å². The van der Waals surface area contributed by atoms with Crippen LogP contribution in [-0.4, -0.2) is 42.9 Å². The third-order valence-corrected chi connectivity index (χ3v) is 6.76. The minimum absolute atomic E-state index is 0.0473. The lowest BCUT2D eigenvalue weighted by Gasteiger charge is -2.28. The molecule has 2 rings (SSSR count). The molecule has 8 heteroatoms. The van der Waals surface area contributed by atoms with Crippen molar-refractivity contribution in [3.8, 4) is 0 Å². The van der Waals surface area contributed by atoms with Gasteiger partial charge >= 0.3 is 5.97 Å². The van der Waals surface area contributed by atoms with Gasteiger partial charge in [0.2, 0.25) is 0 Å². The molecule has 0 aliphatic carbocycles. The van der Waals surface area contributed by atoms with Crippen LogP contribution < -0.4 is 5.73 Å². The van der Waals surface area contributed by atoms with Crippen LogP contribution in [-0.2, 0) is 10.0 Å². The summed E-state index contributed by atoms with van der Waals surface area (Å²) >= 11 is 0.809. The summed E-state index contributed by atoms with van der Waals surface area (Å²) in [7, 11) is -3.59. The van der Waals surface area contributed by atoms with Crippen molar-refractivity contribution in [3.63, 3.8) is 0 Å². The van der Waals surface area contributed by atoms with Crippen LogP contribution >= 0.6 is 11.3 Å². The molecule has 106 valence electrons. The van der Waals surface area contributed by atoms with Crippen molar-refractivity contribution in [2.45, 2.75) is 30.0 Å². The molecular formula is C11H16N2O4S2. The van der Waals surface area contributed by atoms with Crippen molar-refractivity contribution in [2.24, 2.45) is 5.73 Å². The minimum atomic E-state index is -3.59. The second kappa shape index (κ2) is 5.20. The molecule has 0 bridgehead atoms. The van der Waals surface area contributed by atoms with Crippen molar-refractivity contribution in [3.05, 3.63) is 16.5 Å². The van der Waals surface area contributed by atoms with E-state index in [4.69, 9.17) is 10.8 Å². The number of nitrogens with zero attached hydrogens (tertiary/aromatic N) is 1. The van der Waals surface area contributed by atoms with Crippen molar-refractivity contribution >= 4 is 27.3 Å². The molecule has 0 atom stereocenters. The highest BCUT2D eigenvalue weighted by atomic mass is 32.2. The Morgan fingerprint density at radius 1 is 1.47 bits per heavy atom. The third-order valence-electron chi connectivity index (χ3n) is 3.18. The second-order valence-electron chi connectivity index (χ2n) is 4.62. The first-order valence-corrected chi connectivity index (χ1v) is 8.17. The molecule has 0 amide bonds. The first kappa shape index (κ1) is 14.4. The maximum Gasteiger partial charge on any atom is 0.346 e. The fraction of sp³-hybridized carbons (Fsp3) is 0.545. The maximum absolute atomic E-state index is 12.4. The van der Waals surface area contributed by atoms with Gasteiger partial charge < -0.3 is 10.8 Å². The van der Waals surface area contributed by atoms with Gasteiger partial charge in [-0.3, -0.25) is 0 Å². The average molecular weight is 304 g/mol. The number of nitrogens with two attached hydrogens (primary N) is 1. The molecule has 2 heterocycles. The Labute approximate surface area is 115 Å². The Kier molecular flexibility index (Phi) is 3.95. The average Bonchev–Trinajstić information content (AvgIpc) is 2.72. The van der Waals surface area contributed by atoms with Crippen LogP contribution in [0.1, 0.15) is 28.1 Å². The first-order chi connectivity index (χ1) is 8.82. The van der Waals surface area contributed by atoms with Gasteiger partial charge in [0.25, 0.3) is 10.0 Å². The topological polar surface area (TPSA) is 101 Å². The summed E-state index contributed by atoms with van der Waals surface area (Å²) in [4.78, 5) is 11.0. The largest absolute Gasteiger partial charge is 0.477 e. The third kappa shape index (κ3) is 2.81. The Morgan fingerprint density at radius 2 is 2.05 bits per heavy atom. The molecule has 0 unspecified atom stereocenters. The number of piperidine rings is 1. The molecule has 6 nitrogen and oxygen atoms in total. The van der Waals surface area contributed by atoms with Gasteiger partial charge in [0.15, 0.2) is 0 Å². The number of carbonyl (C=O) groups is 1. The fourth-order valence-corrected chi connectivity index (χ4v) is 5.04. The number of aromatic carboxylic acids is 1. The molecular weight excluding hydrogens is 288 g/mol. The van der Waals surface area contributed by atoms with Gasteiger partial charge in [-0.2, -0.15) is 4.31 Å². The highest BCUT2D eigenvalue weighted by Gasteiger charge is 2.30. The van der Waals surface area contributed by atoms with E-state index in [0.29, 0.717) is 31.5 Å². The van der Waals surface area contributed by atoms with Crippen LogP contribution in [0.5, 0.6) is 0 Å². The molecule has 1 aliphatic heterocycles. The lowest BCUT2D eigenvalue weighted by molar-refractivity contribution is 0.0701. The summed E-state index contributed by atoms with van der Waals surface area (Å²) in [6.45, 7) is 2.39. The number of hydrogen-bond acceptors (Lipinski definition) is 5. The number of aryl methyl sites for hydroxylation is 1. The zero-order valence-electron chi connectivity index (χ0n) is 10.5. The van der Waals surface area contributed by atoms with Gasteiger partial charge in [-0.25, -0.2) is 13.2 Å². The lowest BCUT2D eigenvalue weighted by Crippen LogP contribution is -2.42. The van der Waals surface area contributed by atoms with E-state index in [1.54, 1.807) is 6.92 Å². The van der Waals surface area contributed by atoms with E-state index in [-0.39, 0.29) is 15.1 Å². The van der Waals surface area contributed by atoms with E-state index >= 15 is 0 Å². The predicted molar refractivity (Wildman–Crippen MR) is 72.0 cm³/mol. The Bertz CT molecular complexity index is 586. The summed E-state index contributed by atoms with van der Waals surface area (Å²) < 4.78 is 26.2. The maximum atomic E-state index is 12.4. The molecule has 1 saturated heterocycles. The molecule has 0 aromatic carbocycles. The normalized spacial score (nSPS) is 18.6. The smallest absolute Gasteiger partial charge is 0.346 e. The molecule has 0 radical (unpaired) electrons. The summed E-state index contributed by atoms with van der Waals surface area (Å²) in [6, 6.07) is 1.48. The molecule has 1 aromatic heterocycles. The highest BCUT2D eigenvalue weighted by molar-refractivity contribution is 7.91. The summed E-state index contributed by atoms with van der Waals surface area (Å²) in [5, 5.41) is 8.98. The number of hydrogen-bond donors (Lipinski definition) is 2. The minimum Gasteiger partial charge on any atom is -0.477 e. The molecule has 0 spiro atoms. The zero-order valence-corrected chi connectivity index (χ0v) is 12.1. The Hall–Kier alpha value is -0.960. The van der Waals surface area contributed by atoms with E-state index in [1.165, 1.54) is 10.4 Å². The Balaban J connectivity index is 2.29. The van der Waals surface area contributed by atoms with Crippen LogP contribution in [0, 0.1) is 6.92 Å². The summed E-state index contributed by atoms with van der Waals surface area (Å²) in [5.41, 5.74) is 6.23. The number of thiophene rings is 1. The van der Waals surface area contributed by atoms with E-state index in [2.05, 4.69) is 0 Å². The lowest BCUT2D eigenvalue weighted by atomic mass is 10.1. The van der Waals surface area contributed by atoms with Crippen LogP contribution in [0.15, 0.2) is 10.3 Å². The number of sulfonamides is 1. The van der Waals surface area contributed by atoms with Gasteiger partial charge in [-0.05, 0) is 31.4 Å². The van der Waals surface area contributed by atoms with Crippen LogP contribution in [0.4, 0.5) is 0 Å². The summed E-state index contributed by atoms with van der Waals surface area (Å²) in [6.07, 6.45) is 1.27. The zero-order chi connectivity index (χ0) is 14.2. The van der Waals surface area contributed by atoms with Crippen molar-refractivity contribution in [1.29, 1.82) is 0 Å². The molecule has 19 heavy (non-hydrogen) atoms. The number of carboxylic acid groups (broad SMARTS) is 1. The SMILES string of the molecule is Cc1cc(S(=O)(=O)N2CCC(N)CC2)sc1C(=O)O. The van der Waals surface area contributed by atoms with Crippen LogP contribution in [0.3, 0.4) is 0 Å². The Morgan fingerprint density at radius 3 is 2.53 bits per heavy atom. The van der Waals surface area contributed by atoms with Gasteiger partial charge in [-0.15, -0.1) is 11.3 Å². The summed E-state index contributed by atoms with van der Waals surface area (Å²) in [5.74, 6) is -1.09. The monoisotopic (exact) mass is 304 g/mol. The van der Waals surface area contributed by atoms with Crippen LogP contribution in [0.2, 0.25) is 0 Å². The molecule has 3 N–H and O–H groups in total. The van der Waals surface area contributed by atoms with Crippen LogP contribution in [0.25, 0.3) is 0 Å². The van der Waals surface area contributed by atoms with Gasteiger partial charge in [0.1, 0.15) is 9.09 Å². The van der Waals surface area contributed by atoms with Gasteiger partial charge in [0, 0.05) is 19.1 Å². The van der Waals surface area contributed by atoms with Gasteiger partial charge in [-0.1, -0.05) is 0 Å². The van der Waals surface area contributed by atoms with E-state index < -0.39 is 16.0 Å². The fourth-order valence-electron chi connectivity index (χ4n) is 2.04. The van der Waals surface area contributed by atoms with Gasteiger partial charge in [0.05, 0.1) is 0 Å². The quantitative estimate of drug-likeness (QED) is 0.863. The highest BCUT2D eigenvalue weighted by Crippen LogP contribution is 2.29. The number of rotatable bonds is 3. The van der Waals surface area contributed by atoms with Crippen molar-refractivity contribution < 1.29 is 18.3 Å². The molecule has 1 aromatic rings. The second-order valence-corrected chi connectivity index (χ2v) is 7.84. The first-order valence-electron chi connectivity index (χ1n) is 5.92. The predicted octanol–water partition coefficient (Wildman–Crippen LogP) is 0.867. The molecule has 1 fully saturated rings. The van der Waals surface area contributed by atoms with Crippen molar-refractivity contribution in [1.82, 2.24) is 4.31 Å².